The first kappa shape index (κ1) is 18.2. The third-order valence-electron chi connectivity index (χ3n) is 4.65. The van der Waals surface area contributed by atoms with Crippen molar-refractivity contribution in [1.29, 1.82) is 0 Å². The number of nitrogens with zero attached hydrogens (tertiary/aromatic N) is 1. The first-order valence-electron chi connectivity index (χ1n) is 8.43. The molecule has 0 aromatic heterocycles. The molecule has 6 heteroatoms. The van der Waals surface area contributed by atoms with Gasteiger partial charge in [0.1, 0.15) is 11.9 Å². The number of hydrogen-bond donors (Lipinski definition) is 0. The molecule has 1 fully saturated rings. The van der Waals surface area contributed by atoms with Gasteiger partial charge in [0.05, 0.1) is 4.92 Å². The van der Waals surface area contributed by atoms with Crippen LogP contribution in [0.1, 0.15) is 40.0 Å². The number of carbonyl (C=O) groups is 1. The Kier molecular flexibility index (Phi) is 6.17. The highest BCUT2D eigenvalue weighted by Crippen LogP contribution is 2.35. The van der Waals surface area contributed by atoms with Crippen molar-refractivity contribution in [3.05, 3.63) is 34.4 Å². The molecule has 6 nitrogen and oxygen atoms in total. The Bertz CT molecular complexity index is 569. The summed E-state index contributed by atoms with van der Waals surface area (Å²) < 4.78 is 11.0. The molecule has 0 saturated heterocycles. The normalized spacial score (nSPS) is 23.8. The topological polar surface area (TPSA) is 78.7 Å². The van der Waals surface area contributed by atoms with Crippen molar-refractivity contribution in [2.75, 3.05) is 6.61 Å². The number of carbonyl (C=O) groups excluding carboxylic acids is 1. The zero-order valence-corrected chi connectivity index (χ0v) is 14.4. The number of nitro groups is 1. The molecule has 0 N–H and O–H groups in total. The molecule has 1 saturated carbocycles. The average molecular weight is 335 g/mol. The van der Waals surface area contributed by atoms with Gasteiger partial charge in [-0.05, 0) is 42.7 Å². The van der Waals surface area contributed by atoms with E-state index in [2.05, 4.69) is 20.8 Å². The minimum atomic E-state index is -0.478. The van der Waals surface area contributed by atoms with E-state index in [0.29, 0.717) is 23.5 Å². The monoisotopic (exact) mass is 335 g/mol. The molecular formula is C18H25NO5. The standard InChI is InChI=1S/C18H25NO5/c1-12(2)16-9-4-13(3)10-17(16)24-18(20)11-23-15-7-5-14(6-8-15)19(21)22/h5-8,12-13,16-17H,4,9-11H2,1-3H3/t13-,16+,17+/m1/s1. The summed E-state index contributed by atoms with van der Waals surface area (Å²) in [5.74, 6) is 1.46. The minimum absolute atomic E-state index is 0.0131. The molecule has 1 aromatic rings. The van der Waals surface area contributed by atoms with Crippen LogP contribution in [0.15, 0.2) is 24.3 Å². The number of ether oxygens (including phenoxy) is 2. The first-order chi connectivity index (χ1) is 11.4. The van der Waals surface area contributed by atoms with E-state index in [1.54, 1.807) is 0 Å². The second-order valence-corrected chi connectivity index (χ2v) is 6.89. The summed E-state index contributed by atoms with van der Waals surface area (Å²) >= 11 is 0. The van der Waals surface area contributed by atoms with Crippen molar-refractivity contribution in [3.63, 3.8) is 0 Å². The van der Waals surface area contributed by atoms with Crippen LogP contribution in [0.2, 0.25) is 0 Å². The largest absolute Gasteiger partial charge is 0.482 e. The van der Waals surface area contributed by atoms with Crippen LogP contribution in [-0.4, -0.2) is 23.6 Å². The van der Waals surface area contributed by atoms with Gasteiger partial charge in [-0.25, -0.2) is 4.79 Å². The molecule has 132 valence electrons. The molecule has 1 aromatic carbocycles. The quantitative estimate of drug-likeness (QED) is 0.446. The van der Waals surface area contributed by atoms with Gasteiger partial charge in [0.2, 0.25) is 0 Å². The van der Waals surface area contributed by atoms with Crippen molar-refractivity contribution in [2.45, 2.75) is 46.1 Å². The van der Waals surface area contributed by atoms with E-state index in [9.17, 15) is 14.9 Å². The Hall–Kier alpha value is -2.11. The van der Waals surface area contributed by atoms with Gasteiger partial charge in [0.15, 0.2) is 6.61 Å². The lowest BCUT2D eigenvalue weighted by atomic mass is 9.75. The predicted octanol–water partition coefficient (Wildman–Crippen LogP) is 3.98. The number of non-ortho nitro benzene ring substituents is 1. The first-order valence-corrected chi connectivity index (χ1v) is 8.43. The van der Waals surface area contributed by atoms with Crippen LogP contribution in [0.25, 0.3) is 0 Å². The minimum Gasteiger partial charge on any atom is -0.482 e. The van der Waals surface area contributed by atoms with Crippen LogP contribution < -0.4 is 4.74 Å². The molecule has 2 rings (SSSR count). The molecular weight excluding hydrogens is 310 g/mol. The number of hydrogen-bond acceptors (Lipinski definition) is 5. The van der Waals surface area contributed by atoms with Gasteiger partial charge in [-0.3, -0.25) is 10.1 Å². The lowest BCUT2D eigenvalue weighted by Gasteiger charge is -2.36. The van der Waals surface area contributed by atoms with E-state index in [1.807, 2.05) is 0 Å². The summed E-state index contributed by atoms with van der Waals surface area (Å²) in [7, 11) is 0. The fraction of sp³-hybridized carbons (Fsp3) is 0.611. The second-order valence-electron chi connectivity index (χ2n) is 6.89. The van der Waals surface area contributed by atoms with Crippen molar-refractivity contribution in [2.24, 2.45) is 17.8 Å². The van der Waals surface area contributed by atoms with E-state index in [4.69, 9.17) is 9.47 Å². The molecule has 0 spiro atoms. The highest BCUT2D eigenvalue weighted by Gasteiger charge is 2.33. The third kappa shape index (κ3) is 4.94. The zero-order chi connectivity index (χ0) is 17.7. The highest BCUT2D eigenvalue weighted by molar-refractivity contribution is 5.71. The Morgan fingerprint density at radius 2 is 1.96 bits per heavy atom. The number of rotatable bonds is 6. The van der Waals surface area contributed by atoms with Gasteiger partial charge in [0.25, 0.3) is 5.69 Å². The fourth-order valence-electron chi connectivity index (χ4n) is 3.26. The SMILES string of the molecule is CC(C)[C@@H]1CC[C@@H](C)C[C@@H]1OC(=O)COc1ccc([N+](=O)[O-])cc1. The van der Waals surface area contributed by atoms with E-state index in [1.165, 1.54) is 30.7 Å². The summed E-state index contributed by atoms with van der Waals surface area (Å²) in [6.07, 6.45) is 3.10. The maximum absolute atomic E-state index is 12.1. The molecule has 0 bridgehead atoms. The maximum atomic E-state index is 12.1. The molecule has 1 aliphatic carbocycles. The Labute approximate surface area is 142 Å². The summed E-state index contributed by atoms with van der Waals surface area (Å²) in [5.41, 5.74) is -0.0131. The highest BCUT2D eigenvalue weighted by atomic mass is 16.6. The zero-order valence-electron chi connectivity index (χ0n) is 14.4. The molecule has 1 aliphatic rings. The third-order valence-corrected chi connectivity index (χ3v) is 4.65. The van der Waals surface area contributed by atoms with Gasteiger partial charge in [-0.2, -0.15) is 0 Å². The molecule has 24 heavy (non-hydrogen) atoms. The fourth-order valence-corrected chi connectivity index (χ4v) is 3.26. The molecule has 3 atom stereocenters. The summed E-state index contributed by atoms with van der Waals surface area (Å²) in [4.78, 5) is 22.2. The van der Waals surface area contributed by atoms with E-state index in [-0.39, 0.29) is 18.4 Å². The average Bonchev–Trinajstić information content (AvgIpc) is 2.53. The van der Waals surface area contributed by atoms with Gasteiger partial charge in [0, 0.05) is 12.1 Å². The van der Waals surface area contributed by atoms with Crippen LogP contribution in [0.3, 0.4) is 0 Å². The number of nitro benzene ring substituents is 1. The van der Waals surface area contributed by atoms with Crippen molar-refractivity contribution >= 4 is 11.7 Å². The lowest BCUT2D eigenvalue weighted by molar-refractivity contribution is -0.384. The van der Waals surface area contributed by atoms with Crippen LogP contribution in [0, 0.1) is 27.9 Å². The summed E-state index contributed by atoms with van der Waals surface area (Å²) in [6.45, 7) is 6.32. The van der Waals surface area contributed by atoms with Gasteiger partial charge < -0.3 is 9.47 Å². The smallest absolute Gasteiger partial charge is 0.344 e. The Morgan fingerprint density at radius 1 is 1.29 bits per heavy atom. The Morgan fingerprint density at radius 3 is 2.54 bits per heavy atom. The maximum Gasteiger partial charge on any atom is 0.344 e. The number of benzene rings is 1. The summed E-state index contributed by atoms with van der Waals surface area (Å²) in [5, 5.41) is 10.6. The van der Waals surface area contributed by atoms with Crippen LogP contribution >= 0.6 is 0 Å². The summed E-state index contributed by atoms with van der Waals surface area (Å²) in [6, 6.07) is 5.65. The second kappa shape index (κ2) is 8.13. The van der Waals surface area contributed by atoms with Crippen molar-refractivity contribution < 1.29 is 19.2 Å². The molecule has 0 heterocycles. The van der Waals surface area contributed by atoms with Gasteiger partial charge >= 0.3 is 5.97 Å². The molecule has 0 aliphatic heterocycles. The number of esters is 1. The van der Waals surface area contributed by atoms with Gasteiger partial charge in [-0.15, -0.1) is 0 Å². The van der Waals surface area contributed by atoms with E-state index in [0.717, 1.165) is 12.8 Å². The lowest BCUT2D eigenvalue weighted by Crippen LogP contribution is -2.36. The van der Waals surface area contributed by atoms with Crippen LogP contribution in [-0.2, 0) is 9.53 Å². The molecule has 0 radical (unpaired) electrons. The molecule has 0 unspecified atom stereocenters. The van der Waals surface area contributed by atoms with Gasteiger partial charge in [-0.1, -0.05) is 27.2 Å². The van der Waals surface area contributed by atoms with Crippen molar-refractivity contribution in [3.8, 4) is 5.75 Å². The van der Waals surface area contributed by atoms with Crippen LogP contribution in [0.4, 0.5) is 5.69 Å². The van der Waals surface area contributed by atoms with Crippen LogP contribution in [0.5, 0.6) is 5.75 Å². The molecule has 0 amide bonds. The van der Waals surface area contributed by atoms with Crippen molar-refractivity contribution in [1.82, 2.24) is 0 Å². The predicted molar refractivity (Wildman–Crippen MR) is 89.8 cm³/mol. The van der Waals surface area contributed by atoms with E-state index >= 15 is 0 Å². The van der Waals surface area contributed by atoms with E-state index < -0.39 is 10.9 Å². The Balaban J connectivity index is 1.86.